The lowest BCUT2D eigenvalue weighted by Gasteiger charge is -2.01. The largest absolute Gasteiger partial charge is 0.394 e. The topological polar surface area (TPSA) is 93.3 Å². The molecule has 7 heteroatoms. The summed E-state index contributed by atoms with van der Waals surface area (Å²) in [6.07, 6.45) is 0. The van der Waals surface area contributed by atoms with Crippen LogP contribution >= 0.6 is 11.5 Å². The molecule has 0 unspecified atom stereocenters. The third-order valence-electron chi connectivity index (χ3n) is 1.20. The number of ether oxygens (including phenoxy) is 1. The summed E-state index contributed by atoms with van der Waals surface area (Å²) in [6.45, 7) is 1.57. The SMILES string of the molecule is Nc1nsc(NCCOCCO)n1. The van der Waals surface area contributed by atoms with Gasteiger partial charge in [0.1, 0.15) is 0 Å². The van der Waals surface area contributed by atoms with Crippen LogP contribution in [0.25, 0.3) is 0 Å². The number of anilines is 2. The first-order chi connectivity index (χ1) is 6.33. The van der Waals surface area contributed by atoms with Crippen LogP contribution in [0.5, 0.6) is 0 Å². The zero-order chi connectivity index (χ0) is 9.52. The molecule has 0 saturated heterocycles. The van der Waals surface area contributed by atoms with E-state index in [0.717, 1.165) is 0 Å². The predicted octanol–water partition coefficient (Wildman–Crippen LogP) is -0.459. The van der Waals surface area contributed by atoms with E-state index in [1.54, 1.807) is 0 Å². The van der Waals surface area contributed by atoms with Gasteiger partial charge in [0.05, 0.1) is 19.8 Å². The van der Waals surface area contributed by atoms with Crippen LogP contribution in [0.15, 0.2) is 0 Å². The van der Waals surface area contributed by atoms with Crippen LogP contribution in [0, 0.1) is 0 Å². The summed E-state index contributed by atoms with van der Waals surface area (Å²) < 4.78 is 8.82. The molecule has 0 aliphatic rings. The van der Waals surface area contributed by atoms with E-state index in [4.69, 9.17) is 15.6 Å². The molecule has 0 amide bonds. The van der Waals surface area contributed by atoms with E-state index < -0.39 is 0 Å². The highest BCUT2D eigenvalue weighted by molar-refractivity contribution is 7.09. The number of nitrogen functional groups attached to an aromatic ring is 1. The number of rotatable bonds is 6. The molecule has 0 aliphatic carbocycles. The van der Waals surface area contributed by atoms with Gasteiger partial charge in [0.25, 0.3) is 0 Å². The second-order valence-corrected chi connectivity index (χ2v) is 2.97. The maximum absolute atomic E-state index is 8.40. The van der Waals surface area contributed by atoms with Crippen LogP contribution in [-0.2, 0) is 4.74 Å². The van der Waals surface area contributed by atoms with Crippen molar-refractivity contribution in [1.82, 2.24) is 9.36 Å². The molecular formula is C6H12N4O2S. The van der Waals surface area contributed by atoms with Crippen molar-refractivity contribution in [2.24, 2.45) is 0 Å². The summed E-state index contributed by atoms with van der Waals surface area (Å²) in [4.78, 5) is 3.90. The highest BCUT2D eigenvalue weighted by Gasteiger charge is 1.97. The Bertz CT molecular complexity index is 242. The third-order valence-corrected chi connectivity index (χ3v) is 1.89. The molecule has 1 aromatic rings. The van der Waals surface area contributed by atoms with Crippen LogP contribution < -0.4 is 11.1 Å². The molecule has 1 aromatic heterocycles. The van der Waals surface area contributed by atoms with Gasteiger partial charge in [-0.2, -0.15) is 9.36 Å². The van der Waals surface area contributed by atoms with Crippen molar-refractivity contribution in [2.45, 2.75) is 0 Å². The molecule has 0 radical (unpaired) electrons. The first-order valence-electron chi connectivity index (χ1n) is 3.84. The summed E-state index contributed by atoms with van der Waals surface area (Å²) >= 11 is 1.21. The summed E-state index contributed by atoms with van der Waals surface area (Å²) in [5.41, 5.74) is 5.31. The van der Waals surface area contributed by atoms with Crippen molar-refractivity contribution in [3.05, 3.63) is 0 Å². The minimum Gasteiger partial charge on any atom is -0.394 e. The quantitative estimate of drug-likeness (QED) is 0.543. The first-order valence-corrected chi connectivity index (χ1v) is 4.62. The lowest BCUT2D eigenvalue weighted by molar-refractivity contribution is 0.0992. The van der Waals surface area contributed by atoms with Gasteiger partial charge in [-0.1, -0.05) is 0 Å². The molecule has 0 aliphatic heterocycles. The van der Waals surface area contributed by atoms with E-state index in [-0.39, 0.29) is 12.6 Å². The standard InChI is InChI=1S/C6H12N4O2S/c7-5-9-6(13-10-5)8-1-3-12-4-2-11/h11H,1-4H2,(H3,7,8,9,10). The van der Waals surface area contributed by atoms with Crippen LogP contribution in [0.4, 0.5) is 11.1 Å². The molecule has 0 atom stereocenters. The Kier molecular flexibility index (Phi) is 4.44. The van der Waals surface area contributed by atoms with E-state index in [1.807, 2.05) is 0 Å². The maximum atomic E-state index is 8.40. The molecular weight excluding hydrogens is 192 g/mol. The fourth-order valence-electron chi connectivity index (χ4n) is 0.703. The average molecular weight is 204 g/mol. The average Bonchev–Trinajstić information content (AvgIpc) is 2.51. The molecule has 0 aromatic carbocycles. The fourth-order valence-corrected chi connectivity index (χ4v) is 1.23. The molecule has 0 spiro atoms. The Morgan fingerprint density at radius 3 is 3.00 bits per heavy atom. The summed E-state index contributed by atoms with van der Waals surface area (Å²) in [6, 6.07) is 0. The van der Waals surface area contributed by atoms with Gasteiger partial charge in [0, 0.05) is 18.1 Å². The highest BCUT2D eigenvalue weighted by Crippen LogP contribution is 2.10. The van der Waals surface area contributed by atoms with Crippen LogP contribution in [-0.4, -0.2) is 40.8 Å². The lowest BCUT2D eigenvalue weighted by Crippen LogP contribution is -2.11. The molecule has 1 heterocycles. The molecule has 1 rings (SSSR count). The molecule has 0 saturated carbocycles. The van der Waals surface area contributed by atoms with Gasteiger partial charge in [-0.3, -0.25) is 0 Å². The number of hydrogen-bond donors (Lipinski definition) is 3. The first kappa shape index (κ1) is 10.2. The Morgan fingerprint density at radius 1 is 1.54 bits per heavy atom. The van der Waals surface area contributed by atoms with Gasteiger partial charge in [-0.05, 0) is 0 Å². The summed E-state index contributed by atoms with van der Waals surface area (Å²) in [5, 5.41) is 12.1. The van der Waals surface area contributed by atoms with Crippen LogP contribution in [0.2, 0.25) is 0 Å². The van der Waals surface area contributed by atoms with Gasteiger partial charge in [-0.15, -0.1) is 0 Å². The third kappa shape index (κ3) is 4.02. The van der Waals surface area contributed by atoms with E-state index >= 15 is 0 Å². The number of aliphatic hydroxyl groups is 1. The lowest BCUT2D eigenvalue weighted by atomic mass is 10.7. The number of nitrogens with two attached hydrogens (primary N) is 1. The molecule has 4 N–H and O–H groups in total. The monoisotopic (exact) mass is 204 g/mol. The van der Waals surface area contributed by atoms with Crippen LogP contribution in [0.1, 0.15) is 0 Å². The van der Waals surface area contributed by atoms with E-state index in [1.165, 1.54) is 11.5 Å². The van der Waals surface area contributed by atoms with Gasteiger partial charge in [-0.25, -0.2) is 0 Å². The molecule has 0 bridgehead atoms. The fraction of sp³-hybridized carbons (Fsp3) is 0.667. The Balaban J connectivity index is 2.06. The summed E-state index contributed by atoms with van der Waals surface area (Å²) in [7, 11) is 0. The number of aliphatic hydroxyl groups excluding tert-OH is 1. The number of nitrogens with zero attached hydrogens (tertiary/aromatic N) is 2. The van der Waals surface area contributed by atoms with Gasteiger partial charge in [0.15, 0.2) is 0 Å². The minimum atomic E-state index is 0.0474. The Labute approximate surface area is 79.9 Å². The number of aromatic nitrogens is 2. The smallest absolute Gasteiger partial charge is 0.233 e. The Morgan fingerprint density at radius 2 is 2.38 bits per heavy atom. The second kappa shape index (κ2) is 5.68. The van der Waals surface area contributed by atoms with Gasteiger partial charge < -0.3 is 20.9 Å². The van der Waals surface area contributed by atoms with Gasteiger partial charge in [0.2, 0.25) is 11.1 Å². The highest BCUT2D eigenvalue weighted by atomic mass is 32.1. The predicted molar refractivity (Wildman–Crippen MR) is 50.7 cm³/mol. The van der Waals surface area contributed by atoms with E-state index in [2.05, 4.69) is 14.7 Å². The molecule has 74 valence electrons. The molecule has 0 fully saturated rings. The zero-order valence-electron chi connectivity index (χ0n) is 7.06. The zero-order valence-corrected chi connectivity index (χ0v) is 7.88. The molecule has 13 heavy (non-hydrogen) atoms. The van der Waals surface area contributed by atoms with Gasteiger partial charge >= 0.3 is 0 Å². The van der Waals surface area contributed by atoms with Crippen molar-refractivity contribution in [3.8, 4) is 0 Å². The number of hydrogen-bond acceptors (Lipinski definition) is 7. The normalized spacial score (nSPS) is 10.2. The minimum absolute atomic E-state index is 0.0474. The molecule has 6 nitrogen and oxygen atoms in total. The van der Waals surface area contributed by atoms with Crippen molar-refractivity contribution >= 4 is 22.6 Å². The van der Waals surface area contributed by atoms with Crippen molar-refractivity contribution in [2.75, 3.05) is 37.4 Å². The van der Waals surface area contributed by atoms with Crippen molar-refractivity contribution in [3.63, 3.8) is 0 Å². The Hall–Kier alpha value is -0.920. The van der Waals surface area contributed by atoms with Crippen LogP contribution in [0.3, 0.4) is 0 Å². The maximum Gasteiger partial charge on any atom is 0.233 e. The van der Waals surface area contributed by atoms with Crippen molar-refractivity contribution < 1.29 is 9.84 Å². The number of nitrogens with one attached hydrogen (secondary N) is 1. The van der Waals surface area contributed by atoms with Crippen molar-refractivity contribution in [1.29, 1.82) is 0 Å². The van der Waals surface area contributed by atoms with E-state index in [0.29, 0.717) is 24.9 Å². The summed E-state index contributed by atoms with van der Waals surface area (Å²) in [5.74, 6) is 0.281. The second-order valence-electron chi connectivity index (χ2n) is 2.22. The van der Waals surface area contributed by atoms with E-state index in [9.17, 15) is 0 Å².